The van der Waals surface area contributed by atoms with E-state index in [1.54, 1.807) is 12.1 Å². The van der Waals surface area contributed by atoms with Gasteiger partial charge in [0.05, 0.1) is 39.4 Å². The number of H-pyrrole nitrogens is 1. The number of aromatic nitrogens is 2. The first kappa shape index (κ1) is 21.3. The number of fused-ring (bicyclic) bond motifs is 1. The molecule has 2 saturated carbocycles. The van der Waals surface area contributed by atoms with Crippen molar-refractivity contribution in [3.63, 3.8) is 0 Å². The van der Waals surface area contributed by atoms with Crippen molar-refractivity contribution in [2.24, 2.45) is 5.41 Å². The molecule has 0 aliphatic heterocycles. The smallest absolute Gasteiger partial charge is 0.255 e. The van der Waals surface area contributed by atoms with Crippen molar-refractivity contribution in [3.8, 4) is 5.75 Å². The molecule has 1 aromatic heterocycles. The highest BCUT2D eigenvalue weighted by atomic mass is 35.5. The molecule has 9 heteroatoms. The maximum absolute atomic E-state index is 14.4. The first-order chi connectivity index (χ1) is 15.4. The highest BCUT2D eigenvalue weighted by Gasteiger charge is 2.44. The van der Waals surface area contributed by atoms with Crippen LogP contribution in [0.25, 0.3) is 11.0 Å². The van der Waals surface area contributed by atoms with Gasteiger partial charge in [-0.15, -0.1) is 0 Å². The lowest BCUT2D eigenvalue weighted by Gasteiger charge is -2.29. The Hall–Kier alpha value is -2.51. The molecule has 2 aliphatic rings. The molecule has 0 atom stereocenters. The fraction of sp³-hybridized carbons (Fsp3) is 0.391. The molecule has 168 valence electrons. The molecule has 6 nitrogen and oxygen atoms in total. The van der Waals surface area contributed by atoms with Crippen LogP contribution in [0.4, 0.5) is 16.0 Å². The standard InChI is InChI=1S/C23H23Cl2FN4O2/c1-32-18-11-17-16(28-22(29-17)30-20-15(25)3-2-14(24)19(20)26)10-13(18)21(31)27-12-4-6-23(7-5-12)8-9-23/h2-3,10-12H,4-9H2,1H3,(H,27,31)(H2,28,29,30). The summed E-state index contributed by atoms with van der Waals surface area (Å²) in [6.45, 7) is 0. The molecule has 0 unspecified atom stereocenters. The fourth-order valence-electron chi connectivity index (χ4n) is 4.52. The lowest BCUT2D eigenvalue weighted by Crippen LogP contribution is -2.38. The van der Waals surface area contributed by atoms with Gasteiger partial charge in [0, 0.05) is 12.1 Å². The molecule has 3 aromatic rings. The largest absolute Gasteiger partial charge is 0.496 e. The lowest BCUT2D eigenvalue weighted by molar-refractivity contribution is 0.0916. The monoisotopic (exact) mass is 476 g/mol. The van der Waals surface area contributed by atoms with Crippen molar-refractivity contribution in [1.29, 1.82) is 0 Å². The molecule has 1 heterocycles. The van der Waals surface area contributed by atoms with Gasteiger partial charge in [-0.25, -0.2) is 9.37 Å². The van der Waals surface area contributed by atoms with Crippen molar-refractivity contribution in [1.82, 2.24) is 15.3 Å². The number of halogens is 3. The number of benzene rings is 2. The number of imidazole rings is 1. The van der Waals surface area contributed by atoms with E-state index in [0.29, 0.717) is 27.8 Å². The summed E-state index contributed by atoms with van der Waals surface area (Å²) in [7, 11) is 1.52. The molecular formula is C23H23Cl2FN4O2. The van der Waals surface area contributed by atoms with Gasteiger partial charge in [-0.1, -0.05) is 23.2 Å². The Morgan fingerprint density at radius 3 is 2.59 bits per heavy atom. The van der Waals surface area contributed by atoms with Crippen LogP contribution >= 0.6 is 23.2 Å². The number of hydrogen-bond acceptors (Lipinski definition) is 4. The number of nitrogens with zero attached hydrogens (tertiary/aromatic N) is 1. The highest BCUT2D eigenvalue weighted by Crippen LogP contribution is 2.56. The van der Waals surface area contributed by atoms with E-state index in [2.05, 4.69) is 20.6 Å². The van der Waals surface area contributed by atoms with Crippen LogP contribution in [-0.4, -0.2) is 29.0 Å². The van der Waals surface area contributed by atoms with Crippen molar-refractivity contribution < 1.29 is 13.9 Å². The van der Waals surface area contributed by atoms with Crippen LogP contribution in [0.2, 0.25) is 10.0 Å². The molecule has 0 bridgehead atoms. The summed E-state index contributed by atoms with van der Waals surface area (Å²) in [4.78, 5) is 20.5. The van der Waals surface area contributed by atoms with Gasteiger partial charge in [0.2, 0.25) is 5.95 Å². The second-order valence-electron chi connectivity index (χ2n) is 8.75. The summed E-state index contributed by atoms with van der Waals surface area (Å²) in [6, 6.07) is 6.44. The molecule has 0 saturated heterocycles. The summed E-state index contributed by atoms with van der Waals surface area (Å²) >= 11 is 12.0. The van der Waals surface area contributed by atoms with E-state index >= 15 is 0 Å². The summed E-state index contributed by atoms with van der Waals surface area (Å²) in [5.74, 6) is -0.143. The van der Waals surface area contributed by atoms with E-state index in [1.165, 1.54) is 44.9 Å². The third-order valence-electron chi connectivity index (χ3n) is 6.67. The van der Waals surface area contributed by atoms with Crippen LogP contribution in [0.1, 0.15) is 48.9 Å². The SMILES string of the molecule is COc1cc2[nH]c(Nc3c(Cl)ccc(Cl)c3F)nc2cc1C(=O)NC1CCC2(CC1)CC2. The maximum Gasteiger partial charge on any atom is 0.255 e. The molecular weight excluding hydrogens is 454 g/mol. The van der Waals surface area contributed by atoms with E-state index < -0.39 is 5.82 Å². The second-order valence-corrected chi connectivity index (χ2v) is 9.56. The van der Waals surface area contributed by atoms with Gasteiger partial charge in [0.25, 0.3) is 5.91 Å². The summed E-state index contributed by atoms with van der Waals surface area (Å²) in [5, 5.41) is 6.11. The fourth-order valence-corrected chi connectivity index (χ4v) is 4.87. The number of nitrogens with one attached hydrogen (secondary N) is 3. The van der Waals surface area contributed by atoms with Gasteiger partial charge < -0.3 is 20.4 Å². The van der Waals surface area contributed by atoms with E-state index in [9.17, 15) is 9.18 Å². The molecule has 2 fully saturated rings. The number of hydrogen-bond donors (Lipinski definition) is 3. The van der Waals surface area contributed by atoms with Crippen LogP contribution in [-0.2, 0) is 0 Å². The minimum absolute atomic E-state index is 0.0221. The number of carbonyl (C=O) groups is 1. The normalized spacial score (nSPS) is 17.5. The van der Waals surface area contributed by atoms with Crippen LogP contribution in [0.5, 0.6) is 5.75 Å². The van der Waals surface area contributed by atoms with Gasteiger partial charge in [-0.05, 0) is 62.1 Å². The molecule has 0 radical (unpaired) electrons. The van der Waals surface area contributed by atoms with E-state index in [1.807, 2.05) is 0 Å². The molecule has 2 aliphatic carbocycles. The van der Waals surface area contributed by atoms with Crippen molar-refractivity contribution in [3.05, 3.63) is 45.7 Å². The number of methoxy groups -OCH3 is 1. The number of rotatable bonds is 5. The zero-order valence-electron chi connectivity index (χ0n) is 17.5. The number of aromatic amines is 1. The third-order valence-corrected chi connectivity index (χ3v) is 7.28. The topological polar surface area (TPSA) is 79.0 Å². The highest BCUT2D eigenvalue weighted by molar-refractivity contribution is 6.35. The predicted molar refractivity (Wildman–Crippen MR) is 124 cm³/mol. The lowest BCUT2D eigenvalue weighted by atomic mass is 9.83. The Morgan fingerprint density at radius 2 is 1.91 bits per heavy atom. The Labute approximate surface area is 194 Å². The quantitative estimate of drug-likeness (QED) is 0.382. The summed E-state index contributed by atoms with van der Waals surface area (Å²) < 4.78 is 19.8. The number of anilines is 2. The van der Waals surface area contributed by atoms with Crippen LogP contribution in [0, 0.1) is 11.2 Å². The van der Waals surface area contributed by atoms with Crippen molar-refractivity contribution in [2.45, 2.75) is 44.6 Å². The van der Waals surface area contributed by atoms with Gasteiger partial charge in [0.15, 0.2) is 5.82 Å². The second kappa shape index (κ2) is 8.12. The summed E-state index contributed by atoms with van der Waals surface area (Å²) in [6.07, 6.45) is 7.06. The average Bonchev–Trinajstić information content (AvgIpc) is 3.42. The van der Waals surface area contributed by atoms with Crippen LogP contribution in [0.15, 0.2) is 24.3 Å². The number of carbonyl (C=O) groups excluding carboxylic acids is 1. The molecule has 3 N–H and O–H groups in total. The average molecular weight is 477 g/mol. The van der Waals surface area contributed by atoms with Crippen molar-refractivity contribution >= 4 is 51.8 Å². The number of ether oxygens (including phenoxy) is 1. The third kappa shape index (κ3) is 3.99. The zero-order chi connectivity index (χ0) is 22.5. The minimum Gasteiger partial charge on any atom is -0.496 e. The van der Waals surface area contributed by atoms with Crippen molar-refractivity contribution in [2.75, 3.05) is 12.4 Å². The Balaban J connectivity index is 1.38. The van der Waals surface area contributed by atoms with Gasteiger partial charge in [-0.2, -0.15) is 0 Å². The van der Waals surface area contributed by atoms with E-state index in [-0.39, 0.29) is 33.6 Å². The first-order valence-corrected chi connectivity index (χ1v) is 11.4. The molecule has 32 heavy (non-hydrogen) atoms. The Kier molecular flexibility index (Phi) is 5.42. The molecule has 5 rings (SSSR count). The van der Waals surface area contributed by atoms with Gasteiger partial charge in [-0.3, -0.25) is 4.79 Å². The number of amides is 1. The zero-order valence-corrected chi connectivity index (χ0v) is 19.0. The minimum atomic E-state index is -0.669. The Morgan fingerprint density at radius 1 is 1.19 bits per heavy atom. The summed E-state index contributed by atoms with van der Waals surface area (Å²) in [5.41, 5.74) is 2.18. The first-order valence-electron chi connectivity index (χ1n) is 10.7. The maximum atomic E-state index is 14.4. The molecule has 1 spiro atoms. The molecule has 1 amide bonds. The van der Waals surface area contributed by atoms with Gasteiger partial charge >= 0.3 is 0 Å². The van der Waals surface area contributed by atoms with E-state index in [4.69, 9.17) is 27.9 Å². The van der Waals surface area contributed by atoms with Crippen LogP contribution in [0.3, 0.4) is 0 Å². The Bertz CT molecular complexity index is 1200. The predicted octanol–water partition coefficient (Wildman–Crippen LogP) is 6.21. The van der Waals surface area contributed by atoms with Crippen LogP contribution < -0.4 is 15.4 Å². The van der Waals surface area contributed by atoms with Gasteiger partial charge in [0.1, 0.15) is 5.75 Å². The molecule has 2 aromatic carbocycles. The van der Waals surface area contributed by atoms with E-state index in [0.717, 1.165) is 12.8 Å².